The third-order valence-corrected chi connectivity index (χ3v) is 3.61. The monoisotopic (exact) mass is 274 g/mol. The molecule has 1 N–H and O–H groups in total. The number of carbonyl (C=O) groups is 1. The Labute approximate surface area is 120 Å². The van der Waals surface area contributed by atoms with Gasteiger partial charge in [-0.1, -0.05) is 19.1 Å². The summed E-state index contributed by atoms with van der Waals surface area (Å²) in [7, 11) is 1.63. The lowest BCUT2D eigenvalue weighted by Crippen LogP contribution is -2.23. The Morgan fingerprint density at radius 3 is 2.80 bits per heavy atom. The van der Waals surface area contributed by atoms with Crippen molar-refractivity contribution in [3.8, 4) is 5.75 Å². The first-order chi connectivity index (χ1) is 9.67. The Morgan fingerprint density at radius 2 is 2.15 bits per heavy atom. The van der Waals surface area contributed by atoms with Gasteiger partial charge in [0.1, 0.15) is 5.75 Å². The van der Waals surface area contributed by atoms with Crippen LogP contribution in [0.5, 0.6) is 5.75 Å². The normalized spacial score (nSPS) is 20.7. The number of rotatable bonds is 4. The molecule has 4 heteroatoms. The van der Waals surface area contributed by atoms with Crippen molar-refractivity contribution in [1.29, 1.82) is 0 Å². The Morgan fingerprint density at radius 1 is 1.40 bits per heavy atom. The van der Waals surface area contributed by atoms with Crippen LogP contribution in [0.15, 0.2) is 29.4 Å². The molecular formula is C16H22N2O2. The van der Waals surface area contributed by atoms with E-state index in [1.54, 1.807) is 7.11 Å². The molecule has 1 saturated carbocycles. The van der Waals surface area contributed by atoms with Crippen LogP contribution in [-0.4, -0.2) is 18.7 Å². The largest absolute Gasteiger partial charge is 0.497 e. The molecule has 1 aromatic carbocycles. The number of nitrogens with one attached hydrogen (secondary N) is 1. The average molecular weight is 274 g/mol. The Bertz CT molecular complexity index is 480. The topological polar surface area (TPSA) is 50.7 Å². The van der Waals surface area contributed by atoms with Gasteiger partial charge in [0, 0.05) is 5.71 Å². The molecule has 1 fully saturated rings. The van der Waals surface area contributed by atoms with Gasteiger partial charge < -0.3 is 4.74 Å². The molecule has 1 atom stereocenters. The minimum atomic E-state index is -0.0686. The van der Waals surface area contributed by atoms with Crippen molar-refractivity contribution in [1.82, 2.24) is 5.43 Å². The second-order valence-corrected chi connectivity index (χ2v) is 5.44. The van der Waals surface area contributed by atoms with E-state index in [1.165, 1.54) is 12.8 Å². The zero-order chi connectivity index (χ0) is 14.4. The smallest absolute Gasteiger partial charge is 0.244 e. The van der Waals surface area contributed by atoms with Crippen molar-refractivity contribution < 1.29 is 9.53 Å². The van der Waals surface area contributed by atoms with Gasteiger partial charge in [0.15, 0.2) is 0 Å². The van der Waals surface area contributed by atoms with Gasteiger partial charge in [0.2, 0.25) is 5.91 Å². The van der Waals surface area contributed by atoms with Crippen LogP contribution in [0.3, 0.4) is 0 Å². The first-order valence-corrected chi connectivity index (χ1v) is 7.14. The van der Waals surface area contributed by atoms with Crippen LogP contribution in [0.2, 0.25) is 0 Å². The van der Waals surface area contributed by atoms with Crippen molar-refractivity contribution in [3.05, 3.63) is 29.8 Å². The number of carbonyl (C=O) groups excluding carboxylic acids is 1. The summed E-state index contributed by atoms with van der Waals surface area (Å²) in [5.74, 6) is 1.41. The predicted molar refractivity (Wildman–Crippen MR) is 79.9 cm³/mol. The molecule has 0 aliphatic heterocycles. The molecule has 0 heterocycles. The molecule has 2 rings (SSSR count). The molecule has 0 unspecified atom stereocenters. The number of nitrogens with zero attached hydrogens (tertiary/aromatic N) is 1. The van der Waals surface area contributed by atoms with E-state index in [2.05, 4.69) is 17.5 Å². The van der Waals surface area contributed by atoms with Gasteiger partial charge in [-0.2, -0.15) is 5.10 Å². The highest BCUT2D eigenvalue weighted by Crippen LogP contribution is 2.20. The second kappa shape index (κ2) is 7.08. The average Bonchev–Trinajstić information content (AvgIpc) is 2.46. The second-order valence-electron chi connectivity index (χ2n) is 5.44. The maximum absolute atomic E-state index is 11.8. The molecule has 1 aliphatic carbocycles. The maximum atomic E-state index is 11.8. The van der Waals surface area contributed by atoms with Crippen LogP contribution >= 0.6 is 0 Å². The first kappa shape index (κ1) is 14.6. The van der Waals surface area contributed by atoms with Crippen molar-refractivity contribution in [3.63, 3.8) is 0 Å². The maximum Gasteiger partial charge on any atom is 0.244 e. The Kier molecular flexibility index (Phi) is 5.16. The summed E-state index contributed by atoms with van der Waals surface area (Å²) in [6.45, 7) is 2.23. The van der Waals surface area contributed by atoms with Gasteiger partial charge >= 0.3 is 0 Å². The van der Waals surface area contributed by atoms with Crippen LogP contribution in [0.1, 0.15) is 38.2 Å². The fourth-order valence-corrected chi connectivity index (χ4v) is 2.47. The van der Waals surface area contributed by atoms with Crippen LogP contribution in [0, 0.1) is 5.92 Å². The molecule has 0 spiro atoms. The highest BCUT2D eigenvalue weighted by Gasteiger charge is 2.14. The van der Waals surface area contributed by atoms with Crippen molar-refractivity contribution in [2.24, 2.45) is 11.0 Å². The van der Waals surface area contributed by atoms with Gasteiger partial charge in [-0.05, 0) is 49.3 Å². The highest BCUT2D eigenvalue weighted by molar-refractivity contribution is 5.87. The first-order valence-electron chi connectivity index (χ1n) is 7.14. The fraction of sp³-hybridized carbons (Fsp3) is 0.500. The predicted octanol–water partition coefficient (Wildman–Crippen LogP) is 2.92. The van der Waals surface area contributed by atoms with Crippen LogP contribution < -0.4 is 10.2 Å². The lowest BCUT2D eigenvalue weighted by molar-refractivity contribution is -0.120. The van der Waals surface area contributed by atoms with Crippen LogP contribution in [-0.2, 0) is 11.2 Å². The lowest BCUT2D eigenvalue weighted by atomic mass is 9.89. The number of hydrogen-bond donors (Lipinski definition) is 1. The fourth-order valence-electron chi connectivity index (χ4n) is 2.47. The van der Waals surface area contributed by atoms with E-state index in [0.29, 0.717) is 12.3 Å². The van der Waals surface area contributed by atoms with E-state index in [1.807, 2.05) is 24.3 Å². The van der Waals surface area contributed by atoms with Crippen LogP contribution in [0.25, 0.3) is 0 Å². The summed E-state index contributed by atoms with van der Waals surface area (Å²) in [5, 5.41) is 4.26. The molecule has 0 aromatic heterocycles. The number of ether oxygens (including phenoxy) is 1. The zero-order valence-corrected chi connectivity index (χ0v) is 12.2. The molecule has 20 heavy (non-hydrogen) atoms. The van der Waals surface area contributed by atoms with Gasteiger partial charge in [0.05, 0.1) is 13.5 Å². The van der Waals surface area contributed by atoms with Crippen molar-refractivity contribution in [2.45, 2.75) is 39.0 Å². The lowest BCUT2D eigenvalue weighted by Gasteiger charge is -2.18. The Hall–Kier alpha value is -1.84. The van der Waals surface area contributed by atoms with Gasteiger partial charge in [-0.3, -0.25) is 4.79 Å². The number of methoxy groups -OCH3 is 1. The summed E-state index contributed by atoms with van der Waals surface area (Å²) >= 11 is 0. The number of hydrogen-bond acceptors (Lipinski definition) is 3. The van der Waals surface area contributed by atoms with Crippen molar-refractivity contribution >= 4 is 11.6 Å². The minimum Gasteiger partial charge on any atom is -0.497 e. The summed E-state index contributed by atoms with van der Waals surface area (Å²) < 4.78 is 5.09. The molecule has 1 aliphatic rings. The Balaban J connectivity index is 1.84. The van der Waals surface area contributed by atoms with E-state index in [9.17, 15) is 4.79 Å². The highest BCUT2D eigenvalue weighted by atomic mass is 16.5. The number of benzene rings is 1. The summed E-state index contributed by atoms with van der Waals surface area (Å²) in [5.41, 5.74) is 4.74. The van der Waals surface area contributed by atoms with Crippen molar-refractivity contribution in [2.75, 3.05) is 7.11 Å². The molecule has 1 aromatic rings. The molecule has 0 radical (unpaired) electrons. The molecule has 4 nitrogen and oxygen atoms in total. The summed E-state index contributed by atoms with van der Waals surface area (Å²) in [6.07, 6.45) is 4.79. The van der Waals surface area contributed by atoms with Gasteiger partial charge in [-0.15, -0.1) is 0 Å². The third kappa shape index (κ3) is 4.37. The summed E-state index contributed by atoms with van der Waals surface area (Å²) in [6, 6.07) is 7.51. The zero-order valence-electron chi connectivity index (χ0n) is 12.2. The summed E-state index contributed by atoms with van der Waals surface area (Å²) in [4.78, 5) is 11.8. The molecule has 108 valence electrons. The number of hydrazone groups is 1. The molecule has 0 bridgehead atoms. The third-order valence-electron chi connectivity index (χ3n) is 3.61. The standard InChI is InChI=1S/C16H22N2O2/c1-12-4-3-5-14(10-12)17-18-16(19)11-13-6-8-15(20-2)9-7-13/h6-9,12H,3-5,10-11H2,1-2H3,(H,18,19)/b17-14-/t12-/m1/s1. The van der Waals surface area contributed by atoms with E-state index < -0.39 is 0 Å². The van der Waals surface area contributed by atoms with Crippen LogP contribution in [0.4, 0.5) is 0 Å². The molecule has 0 saturated heterocycles. The molecule has 1 amide bonds. The van der Waals surface area contributed by atoms with E-state index in [0.717, 1.165) is 29.9 Å². The minimum absolute atomic E-state index is 0.0686. The SMILES string of the molecule is COc1ccc(CC(=O)N/N=C2/CCC[C@@H](C)C2)cc1. The van der Waals surface area contributed by atoms with Gasteiger partial charge in [0.25, 0.3) is 0 Å². The van der Waals surface area contributed by atoms with E-state index in [-0.39, 0.29) is 5.91 Å². The molecular weight excluding hydrogens is 252 g/mol. The quantitative estimate of drug-likeness (QED) is 0.858. The van der Waals surface area contributed by atoms with E-state index >= 15 is 0 Å². The number of amides is 1. The van der Waals surface area contributed by atoms with E-state index in [4.69, 9.17) is 4.74 Å². The van der Waals surface area contributed by atoms with Gasteiger partial charge in [-0.25, -0.2) is 5.43 Å².